The summed E-state index contributed by atoms with van der Waals surface area (Å²) in [6.07, 6.45) is 3.35. The molecule has 0 saturated carbocycles. The molecule has 1 saturated heterocycles. The third kappa shape index (κ3) is 6.29. The predicted octanol–water partition coefficient (Wildman–Crippen LogP) is 3.13. The van der Waals surface area contributed by atoms with Crippen LogP contribution in [0, 0.1) is 5.92 Å². The summed E-state index contributed by atoms with van der Waals surface area (Å²) < 4.78 is 10.5. The molecule has 1 aromatic rings. The molecule has 1 N–H and O–H groups in total. The van der Waals surface area contributed by atoms with Gasteiger partial charge in [-0.1, -0.05) is 43.7 Å². The smallest absolute Gasteiger partial charge is 0.193 e. The summed E-state index contributed by atoms with van der Waals surface area (Å²) in [7, 11) is 3.57. The topological polar surface area (TPSA) is 46.1 Å². The molecule has 1 aromatic carbocycles. The van der Waals surface area contributed by atoms with Gasteiger partial charge >= 0.3 is 0 Å². The number of rotatable bonds is 9. The van der Waals surface area contributed by atoms with Crippen LogP contribution in [0.4, 0.5) is 0 Å². The number of benzene rings is 1. The fraction of sp³-hybridized carbons (Fsp3) is 0.667. The average molecular weight is 362 g/mol. The van der Waals surface area contributed by atoms with Gasteiger partial charge in [0, 0.05) is 40.4 Å². The van der Waals surface area contributed by atoms with E-state index in [9.17, 15) is 0 Å². The van der Waals surface area contributed by atoms with Crippen LogP contribution in [-0.4, -0.2) is 64.5 Å². The standard InChI is InChI=1S/C21H35N3O2/c1-4-18-17-24(13-11-20(18)19-9-6-5-7-10-19)21(22-2)23-12-8-14-26-16-15-25-3/h5-7,9-10,18,20H,4,8,11-17H2,1-3H3,(H,22,23). The van der Waals surface area contributed by atoms with Crippen LogP contribution >= 0.6 is 0 Å². The van der Waals surface area contributed by atoms with Gasteiger partial charge in [-0.15, -0.1) is 0 Å². The molecular formula is C21H35N3O2. The largest absolute Gasteiger partial charge is 0.382 e. The summed E-state index contributed by atoms with van der Waals surface area (Å²) in [5, 5.41) is 3.49. The summed E-state index contributed by atoms with van der Waals surface area (Å²) in [5.74, 6) is 2.35. The van der Waals surface area contributed by atoms with E-state index in [2.05, 4.69) is 52.5 Å². The Kier molecular flexibility index (Phi) is 9.50. The zero-order chi connectivity index (χ0) is 18.6. The van der Waals surface area contributed by atoms with Gasteiger partial charge in [-0.05, 0) is 30.2 Å². The van der Waals surface area contributed by atoms with Gasteiger partial charge in [-0.3, -0.25) is 4.99 Å². The molecule has 2 unspecified atom stereocenters. The molecule has 0 aliphatic carbocycles. The Labute approximate surface area is 158 Å². The number of piperidine rings is 1. The van der Waals surface area contributed by atoms with Crippen molar-refractivity contribution in [1.82, 2.24) is 10.2 Å². The van der Waals surface area contributed by atoms with Crippen LogP contribution < -0.4 is 5.32 Å². The summed E-state index contributed by atoms with van der Waals surface area (Å²) in [5.41, 5.74) is 1.48. The van der Waals surface area contributed by atoms with Crippen molar-refractivity contribution in [2.45, 2.75) is 32.1 Å². The first-order chi connectivity index (χ1) is 12.8. The van der Waals surface area contributed by atoms with Crippen LogP contribution in [0.15, 0.2) is 35.3 Å². The zero-order valence-electron chi connectivity index (χ0n) is 16.6. The molecule has 5 heteroatoms. The maximum absolute atomic E-state index is 5.51. The number of likely N-dealkylation sites (tertiary alicyclic amines) is 1. The first-order valence-electron chi connectivity index (χ1n) is 9.87. The van der Waals surface area contributed by atoms with Crippen molar-refractivity contribution in [3.63, 3.8) is 0 Å². The number of ether oxygens (including phenoxy) is 2. The predicted molar refractivity (Wildman–Crippen MR) is 108 cm³/mol. The van der Waals surface area contributed by atoms with E-state index in [4.69, 9.17) is 9.47 Å². The first-order valence-corrected chi connectivity index (χ1v) is 9.87. The number of methoxy groups -OCH3 is 1. The SMILES string of the molecule is CCC1CN(C(=NC)NCCCOCCOC)CCC1c1ccccc1. The van der Waals surface area contributed by atoms with Gasteiger partial charge in [-0.2, -0.15) is 0 Å². The normalized spacial score (nSPS) is 21.0. The number of hydrogen-bond donors (Lipinski definition) is 1. The second kappa shape index (κ2) is 11.9. The second-order valence-corrected chi connectivity index (χ2v) is 6.85. The van der Waals surface area contributed by atoms with Crippen LogP contribution in [0.2, 0.25) is 0 Å². The fourth-order valence-electron chi connectivity index (χ4n) is 3.73. The maximum atomic E-state index is 5.51. The monoisotopic (exact) mass is 361 g/mol. The highest BCUT2D eigenvalue weighted by Gasteiger charge is 2.30. The lowest BCUT2D eigenvalue weighted by Crippen LogP contribution is -2.48. The van der Waals surface area contributed by atoms with Crippen LogP contribution in [0.3, 0.4) is 0 Å². The Hall–Kier alpha value is -1.59. The highest BCUT2D eigenvalue weighted by Crippen LogP contribution is 2.34. The van der Waals surface area contributed by atoms with Crippen molar-refractivity contribution in [3.05, 3.63) is 35.9 Å². The highest BCUT2D eigenvalue weighted by molar-refractivity contribution is 5.80. The number of aliphatic imine (C=N–C) groups is 1. The molecule has 1 aliphatic heterocycles. The third-order valence-corrected chi connectivity index (χ3v) is 5.18. The molecule has 2 rings (SSSR count). The lowest BCUT2D eigenvalue weighted by Gasteiger charge is -2.40. The van der Waals surface area contributed by atoms with Gasteiger partial charge in [0.05, 0.1) is 13.2 Å². The maximum Gasteiger partial charge on any atom is 0.193 e. The van der Waals surface area contributed by atoms with Crippen LogP contribution in [0.25, 0.3) is 0 Å². The van der Waals surface area contributed by atoms with Crippen molar-refractivity contribution < 1.29 is 9.47 Å². The Morgan fingerprint density at radius 3 is 2.73 bits per heavy atom. The molecule has 0 radical (unpaired) electrons. The van der Waals surface area contributed by atoms with E-state index in [-0.39, 0.29) is 0 Å². The highest BCUT2D eigenvalue weighted by atomic mass is 16.5. The van der Waals surface area contributed by atoms with Crippen molar-refractivity contribution in [1.29, 1.82) is 0 Å². The van der Waals surface area contributed by atoms with Gasteiger partial charge in [0.2, 0.25) is 0 Å². The molecule has 0 spiro atoms. The van der Waals surface area contributed by atoms with Gasteiger partial charge < -0.3 is 19.7 Å². The van der Waals surface area contributed by atoms with E-state index in [0.717, 1.165) is 38.6 Å². The zero-order valence-corrected chi connectivity index (χ0v) is 16.6. The van der Waals surface area contributed by atoms with E-state index in [1.807, 2.05) is 7.05 Å². The minimum atomic E-state index is 0.657. The Bertz CT molecular complexity index is 521. The molecule has 0 aromatic heterocycles. The molecule has 0 bridgehead atoms. The molecule has 1 heterocycles. The lowest BCUT2D eigenvalue weighted by atomic mass is 9.79. The van der Waals surface area contributed by atoms with Gasteiger partial charge in [0.25, 0.3) is 0 Å². The molecule has 146 valence electrons. The number of hydrogen-bond acceptors (Lipinski definition) is 3. The van der Waals surface area contributed by atoms with Gasteiger partial charge in [0.1, 0.15) is 0 Å². The number of nitrogens with one attached hydrogen (secondary N) is 1. The van der Waals surface area contributed by atoms with Crippen LogP contribution in [0.5, 0.6) is 0 Å². The van der Waals surface area contributed by atoms with Gasteiger partial charge in [0.15, 0.2) is 5.96 Å². The molecule has 0 amide bonds. The van der Waals surface area contributed by atoms with E-state index in [1.165, 1.54) is 18.4 Å². The minimum Gasteiger partial charge on any atom is -0.382 e. The van der Waals surface area contributed by atoms with Crippen molar-refractivity contribution in [3.8, 4) is 0 Å². The van der Waals surface area contributed by atoms with E-state index in [0.29, 0.717) is 25.0 Å². The Morgan fingerprint density at radius 2 is 2.04 bits per heavy atom. The summed E-state index contributed by atoms with van der Waals surface area (Å²) >= 11 is 0. The molecule has 26 heavy (non-hydrogen) atoms. The molecule has 1 fully saturated rings. The molecule has 5 nitrogen and oxygen atoms in total. The summed E-state index contributed by atoms with van der Waals surface area (Å²) in [4.78, 5) is 6.91. The van der Waals surface area contributed by atoms with Crippen LogP contribution in [0.1, 0.15) is 37.7 Å². The molecule has 1 aliphatic rings. The number of guanidine groups is 1. The Morgan fingerprint density at radius 1 is 1.23 bits per heavy atom. The van der Waals surface area contributed by atoms with Gasteiger partial charge in [-0.25, -0.2) is 0 Å². The van der Waals surface area contributed by atoms with E-state index >= 15 is 0 Å². The van der Waals surface area contributed by atoms with Crippen molar-refractivity contribution in [2.75, 3.05) is 53.6 Å². The van der Waals surface area contributed by atoms with Crippen molar-refractivity contribution >= 4 is 5.96 Å². The second-order valence-electron chi connectivity index (χ2n) is 6.85. The minimum absolute atomic E-state index is 0.657. The fourth-order valence-corrected chi connectivity index (χ4v) is 3.73. The quantitative estimate of drug-likeness (QED) is 0.417. The summed E-state index contributed by atoms with van der Waals surface area (Å²) in [6.45, 7) is 7.38. The Balaban J connectivity index is 1.79. The number of nitrogens with zero attached hydrogens (tertiary/aromatic N) is 2. The average Bonchev–Trinajstić information content (AvgIpc) is 2.70. The van der Waals surface area contributed by atoms with Crippen molar-refractivity contribution in [2.24, 2.45) is 10.9 Å². The van der Waals surface area contributed by atoms with Crippen LogP contribution in [-0.2, 0) is 9.47 Å². The molecule has 2 atom stereocenters. The summed E-state index contributed by atoms with van der Waals surface area (Å²) in [6, 6.07) is 11.0. The van der Waals surface area contributed by atoms with E-state index < -0.39 is 0 Å². The third-order valence-electron chi connectivity index (χ3n) is 5.18. The van der Waals surface area contributed by atoms with E-state index in [1.54, 1.807) is 7.11 Å². The first kappa shape index (κ1) is 20.7. The lowest BCUT2D eigenvalue weighted by molar-refractivity contribution is 0.0697. The molecular weight excluding hydrogens is 326 g/mol.